The van der Waals surface area contributed by atoms with Gasteiger partial charge in [-0.2, -0.15) is 5.10 Å². The number of methoxy groups -OCH3 is 2. The van der Waals surface area contributed by atoms with Gasteiger partial charge in [-0.3, -0.25) is 14.3 Å². The number of carbonyl (C=O) groups is 2. The lowest BCUT2D eigenvalue weighted by molar-refractivity contribution is 0.0258. The summed E-state index contributed by atoms with van der Waals surface area (Å²) in [5.74, 6) is -0.562. The molecule has 1 aliphatic carbocycles. The molecule has 1 aliphatic heterocycles. The van der Waals surface area contributed by atoms with Gasteiger partial charge in [-0.15, -0.1) is 0 Å². The number of fused-ring (bicyclic) bond motifs is 2. The number of hydrogen-bond acceptors (Lipinski definition) is 6. The summed E-state index contributed by atoms with van der Waals surface area (Å²) < 4.78 is 18.2. The van der Waals surface area contributed by atoms with Gasteiger partial charge in [0.1, 0.15) is 22.1 Å². The van der Waals surface area contributed by atoms with E-state index in [1.54, 1.807) is 24.9 Å². The zero-order valence-electron chi connectivity index (χ0n) is 14.8. The van der Waals surface area contributed by atoms with Crippen LogP contribution in [-0.4, -0.2) is 41.2 Å². The van der Waals surface area contributed by atoms with Gasteiger partial charge in [0.05, 0.1) is 25.5 Å². The maximum absolute atomic E-state index is 13.4. The third kappa shape index (κ3) is 1.92. The molecule has 0 N–H and O–H groups in total. The Morgan fingerprint density at radius 1 is 1.27 bits per heavy atom. The summed E-state index contributed by atoms with van der Waals surface area (Å²) in [7, 11) is 4.63. The summed E-state index contributed by atoms with van der Waals surface area (Å²) in [6.45, 7) is 1.80. The van der Waals surface area contributed by atoms with Crippen molar-refractivity contribution in [2.24, 2.45) is 13.0 Å². The fourth-order valence-electron chi connectivity index (χ4n) is 3.81. The fourth-order valence-corrected chi connectivity index (χ4v) is 4.07. The normalized spacial score (nSPS) is 23.7. The zero-order chi connectivity index (χ0) is 18.8. The van der Waals surface area contributed by atoms with Crippen molar-refractivity contribution in [1.82, 2.24) is 9.78 Å². The van der Waals surface area contributed by atoms with Crippen LogP contribution in [0, 0.1) is 5.92 Å². The number of ether oxygens (including phenoxy) is 3. The number of nitrogens with zero attached hydrogens (tertiary/aromatic N) is 2. The van der Waals surface area contributed by atoms with Crippen molar-refractivity contribution in [3.63, 3.8) is 0 Å². The van der Waals surface area contributed by atoms with E-state index in [-0.39, 0.29) is 22.1 Å². The lowest BCUT2D eigenvalue weighted by atomic mass is 9.72. The summed E-state index contributed by atoms with van der Waals surface area (Å²) in [5.41, 5.74) is -0.431. The highest BCUT2D eigenvalue weighted by Gasteiger charge is 2.62. The molecule has 0 amide bonds. The van der Waals surface area contributed by atoms with E-state index in [9.17, 15) is 9.59 Å². The predicted octanol–water partition coefficient (Wildman–Crippen LogP) is 2.48. The van der Waals surface area contributed by atoms with Crippen LogP contribution in [0.4, 0.5) is 0 Å². The van der Waals surface area contributed by atoms with Gasteiger partial charge in [0.25, 0.3) is 0 Å². The van der Waals surface area contributed by atoms with E-state index in [0.717, 1.165) is 0 Å². The van der Waals surface area contributed by atoms with E-state index >= 15 is 0 Å². The van der Waals surface area contributed by atoms with Gasteiger partial charge in [0.2, 0.25) is 17.2 Å². The monoisotopic (exact) mass is 376 g/mol. The second-order valence-electron chi connectivity index (χ2n) is 6.56. The van der Waals surface area contributed by atoms with E-state index in [4.69, 9.17) is 25.8 Å². The van der Waals surface area contributed by atoms with Gasteiger partial charge < -0.3 is 14.2 Å². The number of benzene rings is 1. The smallest absolute Gasteiger partial charge is 0.237 e. The van der Waals surface area contributed by atoms with Crippen LogP contribution < -0.4 is 14.2 Å². The highest BCUT2D eigenvalue weighted by atomic mass is 35.5. The van der Waals surface area contributed by atoms with E-state index in [2.05, 4.69) is 5.10 Å². The standard InChI is InChI=1S/C18H17ClN2O5/c1-8-5-10-9(7-21(2)20-10)16(22)18(8)17(23)13-11(24-3)6-12(25-4)14(19)15(13)26-18/h6-8H,5H2,1-4H3/t8-,18+/m1/s1. The van der Waals surface area contributed by atoms with Crippen molar-refractivity contribution in [3.05, 3.63) is 34.1 Å². The van der Waals surface area contributed by atoms with Crippen molar-refractivity contribution in [2.45, 2.75) is 18.9 Å². The SMILES string of the molecule is COc1cc(OC)c2c(c1Cl)O[C@@]1(C(=O)c3cn(C)nc3C[C@H]1C)C2=O. The summed E-state index contributed by atoms with van der Waals surface area (Å²) in [5, 5.41) is 4.46. The van der Waals surface area contributed by atoms with Crippen LogP contribution in [0.5, 0.6) is 17.2 Å². The first-order chi connectivity index (χ1) is 12.3. The van der Waals surface area contributed by atoms with Crippen molar-refractivity contribution in [2.75, 3.05) is 14.2 Å². The highest BCUT2D eigenvalue weighted by Crippen LogP contribution is 2.53. The largest absolute Gasteiger partial charge is 0.496 e. The van der Waals surface area contributed by atoms with Crippen LogP contribution in [0.3, 0.4) is 0 Å². The highest BCUT2D eigenvalue weighted by molar-refractivity contribution is 6.36. The summed E-state index contributed by atoms with van der Waals surface area (Å²) in [6, 6.07) is 1.52. The molecule has 1 aromatic carbocycles. The Bertz CT molecular complexity index is 967. The summed E-state index contributed by atoms with van der Waals surface area (Å²) in [6.07, 6.45) is 2.06. The molecule has 1 aromatic heterocycles. The van der Waals surface area contributed by atoms with Gasteiger partial charge in [0, 0.05) is 25.2 Å². The number of aryl methyl sites for hydroxylation is 1. The maximum Gasteiger partial charge on any atom is 0.237 e. The Morgan fingerprint density at radius 2 is 1.96 bits per heavy atom. The molecule has 2 aliphatic rings. The van der Waals surface area contributed by atoms with Gasteiger partial charge in [0.15, 0.2) is 5.75 Å². The van der Waals surface area contributed by atoms with Gasteiger partial charge in [-0.05, 0) is 6.42 Å². The minimum Gasteiger partial charge on any atom is -0.496 e. The molecule has 0 fully saturated rings. The molecule has 0 bridgehead atoms. The first-order valence-electron chi connectivity index (χ1n) is 8.10. The summed E-state index contributed by atoms with van der Waals surface area (Å²) in [4.78, 5) is 26.7. The van der Waals surface area contributed by atoms with Crippen LogP contribution in [0.15, 0.2) is 12.3 Å². The molecule has 0 radical (unpaired) electrons. The minimum absolute atomic E-state index is 0.125. The molecule has 2 heterocycles. The number of halogens is 1. The molecule has 7 nitrogen and oxygen atoms in total. The van der Waals surface area contributed by atoms with Crippen molar-refractivity contribution < 1.29 is 23.8 Å². The molecule has 136 valence electrons. The van der Waals surface area contributed by atoms with Crippen LogP contribution in [0.1, 0.15) is 33.3 Å². The molecule has 0 saturated heterocycles. The molecule has 2 atom stereocenters. The molecule has 0 saturated carbocycles. The Kier molecular flexibility index (Phi) is 3.56. The third-order valence-electron chi connectivity index (χ3n) is 5.10. The first kappa shape index (κ1) is 16.9. The Labute approximate surface area is 154 Å². The topological polar surface area (TPSA) is 79.7 Å². The van der Waals surface area contributed by atoms with Crippen LogP contribution in [0.2, 0.25) is 5.02 Å². The van der Waals surface area contributed by atoms with Crippen molar-refractivity contribution in [1.29, 1.82) is 0 Å². The molecule has 2 aromatic rings. The Morgan fingerprint density at radius 3 is 2.62 bits per heavy atom. The molecular weight excluding hydrogens is 360 g/mol. The molecule has 8 heteroatoms. The van der Waals surface area contributed by atoms with Crippen LogP contribution in [0.25, 0.3) is 0 Å². The zero-order valence-corrected chi connectivity index (χ0v) is 15.5. The second kappa shape index (κ2) is 5.48. The Balaban J connectivity index is 1.93. The van der Waals surface area contributed by atoms with Gasteiger partial charge in [-0.1, -0.05) is 18.5 Å². The average molecular weight is 377 g/mol. The number of aromatic nitrogens is 2. The quantitative estimate of drug-likeness (QED) is 0.749. The number of rotatable bonds is 2. The van der Waals surface area contributed by atoms with E-state index < -0.39 is 23.1 Å². The number of Topliss-reactive ketones (excluding diaryl/α,β-unsaturated/α-hetero) is 2. The van der Waals surface area contributed by atoms with E-state index in [0.29, 0.717) is 23.4 Å². The lowest BCUT2D eigenvalue weighted by Crippen LogP contribution is -2.56. The molecule has 1 spiro atoms. The van der Waals surface area contributed by atoms with Crippen LogP contribution >= 0.6 is 11.6 Å². The predicted molar refractivity (Wildman–Crippen MR) is 92.7 cm³/mol. The molecular formula is C18H17ClN2O5. The first-order valence-corrected chi connectivity index (χ1v) is 8.48. The Hall–Kier alpha value is -2.54. The third-order valence-corrected chi connectivity index (χ3v) is 5.46. The lowest BCUT2D eigenvalue weighted by Gasteiger charge is -2.34. The van der Waals surface area contributed by atoms with Gasteiger partial charge >= 0.3 is 0 Å². The summed E-state index contributed by atoms with van der Waals surface area (Å²) >= 11 is 6.37. The van der Waals surface area contributed by atoms with E-state index in [1.165, 1.54) is 20.3 Å². The number of hydrogen-bond donors (Lipinski definition) is 0. The molecule has 0 unspecified atom stereocenters. The molecule has 4 rings (SSSR count). The fraction of sp³-hybridized carbons (Fsp3) is 0.389. The van der Waals surface area contributed by atoms with Crippen LogP contribution in [-0.2, 0) is 13.5 Å². The molecule has 26 heavy (non-hydrogen) atoms. The van der Waals surface area contributed by atoms with Gasteiger partial charge in [-0.25, -0.2) is 0 Å². The van der Waals surface area contributed by atoms with Crippen molar-refractivity contribution >= 4 is 23.2 Å². The number of carbonyl (C=O) groups excluding carboxylic acids is 2. The average Bonchev–Trinajstić information content (AvgIpc) is 3.13. The van der Waals surface area contributed by atoms with Crippen molar-refractivity contribution in [3.8, 4) is 17.2 Å². The number of ketones is 2. The maximum atomic E-state index is 13.4. The second-order valence-corrected chi connectivity index (χ2v) is 6.94. The minimum atomic E-state index is -1.67. The van der Waals surface area contributed by atoms with E-state index in [1.807, 2.05) is 0 Å².